The quantitative estimate of drug-likeness (QED) is 0.847. The average molecular weight is 295 g/mol. The van der Waals surface area contributed by atoms with E-state index in [1.54, 1.807) is 0 Å². The molecule has 1 aliphatic carbocycles. The Bertz CT molecular complexity index is 512. The van der Waals surface area contributed by atoms with E-state index >= 15 is 0 Å². The second-order valence-electron chi connectivity index (χ2n) is 5.90. The first-order valence-corrected chi connectivity index (χ1v) is 7.21. The third-order valence-corrected chi connectivity index (χ3v) is 4.01. The van der Waals surface area contributed by atoms with Crippen molar-refractivity contribution >= 4 is 5.97 Å². The molecule has 1 fully saturated rings. The summed E-state index contributed by atoms with van der Waals surface area (Å²) in [7, 11) is 3.15. The Balaban J connectivity index is 2.05. The zero-order chi connectivity index (χ0) is 15.5. The molecule has 0 aromatic heterocycles. The Morgan fingerprint density at radius 3 is 2.71 bits per heavy atom. The molecule has 0 amide bonds. The van der Waals surface area contributed by atoms with Crippen molar-refractivity contribution in [1.82, 2.24) is 4.90 Å². The summed E-state index contributed by atoms with van der Waals surface area (Å²) in [4.78, 5) is 13.4. The number of carbonyl (C=O) groups is 1. The third-order valence-electron chi connectivity index (χ3n) is 4.01. The van der Waals surface area contributed by atoms with Gasteiger partial charge in [0.25, 0.3) is 0 Å². The lowest BCUT2D eigenvalue weighted by Gasteiger charge is -2.28. The molecule has 116 valence electrons. The van der Waals surface area contributed by atoms with Crippen molar-refractivity contribution in [3.63, 3.8) is 0 Å². The number of ether oxygens (including phenoxy) is 1. The number of methoxy groups -OCH3 is 1. The molecule has 0 saturated heterocycles. The first kappa shape index (κ1) is 15.9. The van der Waals surface area contributed by atoms with Crippen molar-refractivity contribution in [3.8, 4) is 0 Å². The lowest BCUT2D eigenvalue weighted by molar-refractivity contribution is 0.0142. The highest BCUT2D eigenvalue weighted by atomic mass is 19.1. The van der Waals surface area contributed by atoms with Crippen LogP contribution in [0.15, 0.2) is 18.2 Å². The first-order chi connectivity index (χ1) is 9.93. The fraction of sp³-hybridized carbons (Fsp3) is 0.562. The Kier molecular flexibility index (Phi) is 4.96. The first-order valence-electron chi connectivity index (χ1n) is 7.21. The van der Waals surface area contributed by atoms with Gasteiger partial charge in [-0.2, -0.15) is 0 Å². The molecule has 0 bridgehead atoms. The molecular formula is C16H22FNO3. The second kappa shape index (κ2) is 6.54. The summed E-state index contributed by atoms with van der Waals surface area (Å²) in [5, 5.41) is 10.4. The number of nitrogens with zero attached hydrogens (tertiary/aromatic N) is 1. The number of esters is 1. The number of carbonyl (C=O) groups excluding carboxylic acids is 1. The van der Waals surface area contributed by atoms with Gasteiger partial charge >= 0.3 is 5.97 Å². The number of likely N-dealkylation sites (N-methyl/N-ethyl adjacent to an activating group) is 1. The van der Waals surface area contributed by atoms with Crippen molar-refractivity contribution in [2.45, 2.75) is 37.8 Å². The fourth-order valence-corrected chi connectivity index (χ4v) is 2.98. The normalized spacial score (nSPS) is 17.2. The molecule has 0 heterocycles. The lowest BCUT2D eigenvalue weighted by atomic mass is 10.0. The number of rotatable bonds is 5. The van der Waals surface area contributed by atoms with Crippen LogP contribution in [0.4, 0.5) is 4.39 Å². The number of hydrogen-bond acceptors (Lipinski definition) is 4. The van der Waals surface area contributed by atoms with Crippen LogP contribution < -0.4 is 0 Å². The summed E-state index contributed by atoms with van der Waals surface area (Å²) >= 11 is 0. The molecule has 0 atom stereocenters. The van der Waals surface area contributed by atoms with Crippen LogP contribution >= 0.6 is 0 Å². The van der Waals surface area contributed by atoms with Crippen LogP contribution in [0.1, 0.15) is 41.6 Å². The third kappa shape index (κ3) is 4.02. The van der Waals surface area contributed by atoms with E-state index in [1.165, 1.54) is 25.3 Å². The molecule has 0 spiro atoms. The predicted octanol–water partition coefficient (Wildman–Crippen LogP) is 2.35. The van der Waals surface area contributed by atoms with Gasteiger partial charge in [0.1, 0.15) is 5.82 Å². The molecular weight excluding hydrogens is 273 g/mol. The molecule has 5 heteroatoms. The number of halogens is 1. The van der Waals surface area contributed by atoms with E-state index in [0.717, 1.165) is 25.7 Å². The highest BCUT2D eigenvalue weighted by Gasteiger charge is 2.32. The average Bonchev–Trinajstić information content (AvgIpc) is 2.86. The molecule has 1 saturated carbocycles. The van der Waals surface area contributed by atoms with E-state index in [4.69, 9.17) is 0 Å². The monoisotopic (exact) mass is 295 g/mol. The SMILES string of the molecule is COC(=O)c1ccc(F)c(CN(C)CC2(O)CCCC2)c1. The summed E-state index contributed by atoms with van der Waals surface area (Å²) in [6, 6.07) is 4.20. The van der Waals surface area contributed by atoms with Gasteiger partial charge in [-0.1, -0.05) is 12.8 Å². The van der Waals surface area contributed by atoms with Crippen molar-refractivity contribution < 1.29 is 19.0 Å². The van der Waals surface area contributed by atoms with Crippen LogP contribution in [0.5, 0.6) is 0 Å². The predicted molar refractivity (Wildman–Crippen MR) is 77.5 cm³/mol. The maximum Gasteiger partial charge on any atom is 0.337 e. The number of aliphatic hydroxyl groups is 1. The van der Waals surface area contributed by atoms with E-state index in [1.807, 2.05) is 11.9 Å². The van der Waals surface area contributed by atoms with Gasteiger partial charge in [0, 0.05) is 18.7 Å². The van der Waals surface area contributed by atoms with Gasteiger partial charge in [-0.3, -0.25) is 4.90 Å². The minimum absolute atomic E-state index is 0.335. The summed E-state index contributed by atoms with van der Waals surface area (Å²) < 4.78 is 18.5. The standard InChI is InChI=1S/C16H22FNO3/c1-18(11-16(20)7-3-4-8-16)10-13-9-12(15(19)21-2)5-6-14(13)17/h5-6,9,20H,3-4,7-8,10-11H2,1-2H3. The smallest absolute Gasteiger partial charge is 0.337 e. The van der Waals surface area contributed by atoms with Gasteiger partial charge in [0.2, 0.25) is 0 Å². The molecule has 0 aliphatic heterocycles. The van der Waals surface area contributed by atoms with Crippen LogP contribution in [-0.2, 0) is 11.3 Å². The summed E-state index contributed by atoms with van der Waals surface area (Å²) in [5.74, 6) is -0.832. The van der Waals surface area contributed by atoms with Crippen LogP contribution in [0.3, 0.4) is 0 Å². The Morgan fingerprint density at radius 2 is 2.10 bits per heavy atom. The maximum absolute atomic E-state index is 13.9. The van der Waals surface area contributed by atoms with E-state index in [-0.39, 0.29) is 5.82 Å². The Hall–Kier alpha value is -1.46. The molecule has 21 heavy (non-hydrogen) atoms. The summed E-state index contributed by atoms with van der Waals surface area (Å²) in [6.45, 7) is 0.855. The van der Waals surface area contributed by atoms with Gasteiger partial charge in [0.15, 0.2) is 0 Å². The van der Waals surface area contributed by atoms with Crippen LogP contribution in [0, 0.1) is 5.82 Å². The van der Waals surface area contributed by atoms with E-state index in [0.29, 0.717) is 24.2 Å². The summed E-state index contributed by atoms with van der Waals surface area (Å²) in [5.41, 5.74) is 0.106. The molecule has 0 unspecified atom stereocenters. The van der Waals surface area contributed by atoms with Crippen molar-refractivity contribution in [3.05, 3.63) is 35.1 Å². The molecule has 1 aromatic rings. The Morgan fingerprint density at radius 1 is 1.43 bits per heavy atom. The minimum Gasteiger partial charge on any atom is -0.465 e. The van der Waals surface area contributed by atoms with Gasteiger partial charge in [-0.05, 0) is 38.1 Å². The summed E-state index contributed by atoms with van der Waals surface area (Å²) in [6.07, 6.45) is 3.66. The largest absolute Gasteiger partial charge is 0.465 e. The van der Waals surface area contributed by atoms with Crippen LogP contribution in [0.25, 0.3) is 0 Å². The molecule has 1 aromatic carbocycles. The topological polar surface area (TPSA) is 49.8 Å². The zero-order valence-electron chi connectivity index (χ0n) is 12.6. The highest BCUT2D eigenvalue weighted by molar-refractivity contribution is 5.89. The molecule has 2 rings (SSSR count). The van der Waals surface area contributed by atoms with E-state index < -0.39 is 11.6 Å². The van der Waals surface area contributed by atoms with E-state index in [9.17, 15) is 14.3 Å². The van der Waals surface area contributed by atoms with Gasteiger partial charge < -0.3 is 9.84 Å². The minimum atomic E-state index is -0.662. The lowest BCUT2D eigenvalue weighted by Crippen LogP contribution is -2.38. The number of benzene rings is 1. The second-order valence-corrected chi connectivity index (χ2v) is 5.90. The highest BCUT2D eigenvalue weighted by Crippen LogP contribution is 2.30. The molecule has 1 N–H and O–H groups in total. The number of hydrogen-bond donors (Lipinski definition) is 1. The zero-order valence-corrected chi connectivity index (χ0v) is 12.6. The molecule has 0 radical (unpaired) electrons. The van der Waals surface area contributed by atoms with Crippen LogP contribution in [0.2, 0.25) is 0 Å². The van der Waals surface area contributed by atoms with Crippen molar-refractivity contribution in [2.24, 2.45) is 0 Å². The van der Waals surface area contributed by atoms with Gasteiger partial charge in [0.05, 0.1) is 18.3 Å². The van der Waals surface area contributed by atoms with E-state index in [2.05, 4.69) is 4.74 Å². The fourth-order valence-electron chi connectivity index (χ4n) is 2.98. The van der Waals surface area contributed by atoms with Crippen LogP contribution in [-0.4, -0.2) is 42.3 Å². The van der Waals surface area contributed by atoms with Gasteiger partial charge in [-0.25, -0.2) is 9.18 Å². The van der Waals surface area contributed by atoms with Gasteiger partial charge in [-0.15, -0.1) is 0 Å². The molecule has 4 nitrogen and oxygen atoms in total. The molecule has 1 aliphatic rings. The van der Waals surface area contributed by atoms with Crippen molar-refractivity contribution in [2.75, 3.05) is 20.7 Å². The maximum atomic E-state index is 13.9. The Labute approximate surface area is 124 Å². The van der Waals surface area contributed by atoms with Crippen molar-refractivity contribution in [1.29, 1.82) is 0 Å².